The number of aliphatic hydroxyl groups is 1. The molecule has 1 aromatic rings. The van der Waals surface area contributed by atoms with Gasteiger partial charge in [0.05, 0.1) is 6.10 Å². The molecule has 120 valence electrons. The van der Waals surface area contributed by atoms with Crippen molar-refractivity contribution in [3.8, 4) is 5.88 Å². The topological polar surface area (TPSA) is 91.8 Å². The number of amides is 2. The van der Waals surface area contributed by atoms with Crippen molar-refractivity contribution in [2.75, 3.05) is 26.7 Å². The van der Waals surface area contributed by atoms with E-state index < -0.39 is 6.10 Å². The second-order valence-corrected chi connectivity index (χ2v) is 6.02. The number of pyridine rings is 1. The van der Waals surface area contributed by atoms with Crippen molar-refractivity contribution < 1.29 is 19.4 Å². The number of hydrogen-bond donors (Lipinski definition) is 2. The van der Waals surface area contributed by atoms with E-state index in [1.165, 1.54) is 4.90 Å². The first-order valence-electron chi connectivity index (χ1n) is 6.90. The summed E-state index contributed by atoms with van der Waals surface area (Å²) < 4.78 is 6.15. The fraction of sp³-hybridized carbons (Fsp3) is 0.500. The monoisotopic (exact) mass is 371 g/mol. The number of rotatable bonds is 5. The van der Waals surface area contributed by atoms with Gasteiger partial charge in [0.25, 0.3) is 5.91 Å². The third-order valence-electron chi connectivity index (χ3n) is 3.53. The summed E-state index contributed by atoms with van der Waals surface area (Å²) in [6.45, 7) is 0.427. The summed E-state index contributed by atoms with van der Waals surface area (Å²) in [5.41, 5.74) is 0. The van der Waals surface area contributed by atoms with Crippen molar-refractivity contribution in [1.82, 2.24) is 15.2 Å². The van der Waals surface area contributed by atoms with Gasteiger partial charge in [-0.25, -0.2) is 4.98 Å². The molecule has 2 amide bonds. The lowest BCUT2D eigenvalue weighted by molar-refractivity contribution is -0.133. The molecule has 0 radical (unpaired) electrons. The van der Waals surface area contributed by atoms with Gasteiger partial charge < -0.3 is 20.1 Å². The zero-order chi connectivity index (χ0) is 16.1. The Morgan fingerprint density at radius 3 is 2.91 bits per heavy atom. The maximum Gasteiger partial charge on any atom is 0.260 e. The third-order valence-corrected chi connectivity index (χ3v) is 4.00. The molecule has 1 saturated heterocycles. The van der Waals surface area contributed by atoms with Crippen LogP contribution < -0.4 is 10.1 Å². The van der Waals surface area contributed by atoms with Gasteiger partial charge in [0, 0.05) is 49.2 Å². The summed E-state index contributed by atoms with van der Waals surface area (Å²) in [5, 5.41) is 12.5. The predicted octanol–water partition coefficient (Wildman–Crippen LogP) is 0.178. The lowest BCUT2D eigenvalue weighted by atomic mass is 10.0. The smallest absolute Gasteiger partial charge is 0.260 e. The van der Waals surface area contributed by atoms with Gasteiger partial charge in [-0.3, -0.25) is 9.59 Å². The quantitative estimate of drug-likeness (QED) is 0.770. The van der Waals surface area contributed by atoms with Crippen molar-refractivity contribution in [2.24, 2.45) is 5.92 Å². The number of likely N-dealkylation sites (tertiary alicyclic amines) is 1. The number of nitrogens with zero attached hydrogens (tertiary/aromatic N) is 2. The third kappa shape index (κ3) is 4.41. The number of aromatic nitrogens is 1. The van der Waals surface area contributed by atoms with E-state index in [0.29, 0.717) is 12.4 Å². The fourth-order valence-electron chi connectivity index (χ4n) is 2.27. The maximum absolute atomic E-state index is 12.1. The summed E-state index contributed by atoms with van der Waals surface area (Å²) in [7, 11) is 1.55. The van der Waals surface area contributed by atoms with Crippen molar-refractivity contribution in [3.63, 3.8) is 0 Å². The number of hydrogen-bond acceptors (Lipinski definition) is 5. The first-order valence-corrected chi connectivity index (χ1v) is 7.69. The van der Waals surface area contributed by atoms with Crippen LogP contribution in [0.15, 0.2) is 22.8 Å². The number of carbonyl (C=O) groups excluding carboxylic acids is 2. The highest BCUT2D eigenvalue weighted by Gasteiger charge is 2.35. The van der Waals surface area contributed by atoms with E-state index in [2.05, 4.69) is 26.2 Å². The Morgan fingerprint density at radius 1 is 1.50 bits per heavy atom. The van der Waals surface area contributed by atoms with Gasteiger partial charge in [-0.15, -0.1) is 0 Å². The summed E-state index contributed by atoms with van der Waals surface area (Å²) in [6.07, 6.45) is 1.10. The molecular weight excluding hydrogens is 354 g/mol. The SMILES string of the molecule is CNC(=O)C[C@@H]1CN(C(=O)COc2ccc(Br)cn2)C[C@H]1O. The van der Waals surface area contributed by atoms with E-state index in [-0.39, 0.29) is 37.3 Å². The molecule has 2 N–H and O–H groups in total. The second kappa shape index (κ2) is 7.55. The Hall–Kier alpha value is -1.67. The van der Waals surface area contributed by atoms with Gasteiger partial charge in [0.1, 0.15) is 0 Å². The maximum atomic E-state index is 12.1. The van der Waals surface area contributed by atoms with Gasteiger partial charge >= 0.3 is 0 Å². The zero-order valence-electron chi connectivity index (χ0n) is 12.2. The van der Waals surface area contributed by atoms with E-state index in [9.17, 15) is 14.7 Å². The fourth-order valence-corrected chi connectivity index (χ4v) is 2.51. The van der Waals surface area contributed by atoms with Crippen LogP contribution in [0.3, 0.4) is 0 Å². The minimum absolute atomic E-state index is 0.145. The van der Waals surface area contributed by atoms with Crippen LogP contribution in [-0.2, 0) is 9.59 Å². The minimum atomic E-state index is -0.688. The summed E-state index contributed by atoms with van der Waals surface area (Å²) >= 11 is 3.26. The molecule has 2 rings (SSSR count). The largest absolute Gasteiger partial charge is 0.468 e. The Balaban J connectivity index is 1.83. The molecule has 2 atom stereocenters. The molecule has 0 bridgehead atoms. The molecule has 1 aromatic heterocycles. The first-order chi connectivity index (χ1) is 10.5. The lowest BCUT2D eigenvalue weighted by Gasteiger charge is -2.16. The van der Waals surface area contributed by atoms with Crippen molar-refractivity contribution in [2.45, 2.75) is 12.5 Å². The van der Waals surface area contributed by atoms with Gasteiger partial charge in [-0.2, -0.15) is 0 Å². The Labute approximate surface area is 136 Å². The van der Waals surface area contributed by atoms with E-state index >= 15 is 0 Å². The molecule has 0 spiro atoms. The van der Waals surface area contributed by atoms with Crippen LogP contribution in [0.4, 0.5) is 0 Å². The zero-order valence-corrected chi connectivity index (χ0v) is 13.7. The summed E-state index contributed by atoms with van der Waals surface area (Å²) in [6, 6.07) is 3.43. The lowest BCUT2D eigenvalue weighted by Crippen LogP contribution is -2.34. The van der Waals surface area contributed by atoms with Crippen LogP contribution in [0.2, 0.25) is 0 Å². The van der Waals surface area contributed by atoms with Crippen molar-refractivity contribution in [3.05, 3.63) is 22.8 Å². The highest BCUT2D eigenvalue weighted by molar-refractivity contribution is 9.10. The van der Waals surface area contributed by atoms with Gasteiger partial charge in [0.2, 0.25) is 11.8 Å². The number of carbonyl (C=O) groups is 2. The Kier molecular flexibility index (Phi) is 5.73. The minimum Gasteiger partial charge on any atom is -0.468 e. The number of ether oxygens (including phenoxy) is 1. The Morgan fingerprint density at radius 2 is 2.27 bits per heavy atom. The average Bonchev–Trinajstić information content (AvgIpc) is 2.87. The summed E-state index contributed by atoms with van der Waals surface area (Å²) in [4.78, 5) is 29.0. The second-order valence-electron chi connectivity index (χ2n) is 5.11. The molecule has 0 aromatic carbocycles. The van der Waals surface area contributed by atoms with E-state index in [1.807, 2.05) is 0 Å². The number of halogens is 1. The summed E-state index contributed by atoms with van der Waals surface area (Å²) in [5.74, 6) is -0.259. The van der Waals surface area contributed by atoms with Gasteiger partial charge in [-0.05, 0) is 22.0 Å². The van der Waals surface area contributed by atoms with Crippen molar-refractivity contribution in [1.29, 1.82) is 0 Å². The molecule has 1 aliphatic heterocycles. The van der Waals surface area contributed by atoms with E-state index in [0.717, 1.165) is 4.47 Å². The number of nitrogens with one attached hydrogen (secondary N) is 1. The molecule has 2 heterocycles. The molecule has 8 heteroatoms. The molecule has 1 aliphatic rings. The molecule has 7 nitrogen and oxygen atoms in total. The molecule has 0 unspecified atom stereocenters. The number of β-amino-alcohol motifs (C(OH)–C–C–N with tert-alkyl or cyclic N) is 1. The molecule has 22 heavy (non-hydrogen) atoms. The Bertz CT molecular complexity index is 537. The van der Waals surface area contributed by atoms with E-state index in [4.69, 9.17) is 4.74 Å². The van der Waals surface area contributed by atoms with Crippen LogP contribution in [0.25, 0.3) is 0 Å². The van der Waals surface area contributed by atoms with Gasteiger partial charge in [0.15, 0.2) is 6.61 Å². The predicted molar refractivity (Wildman–Crippen MR) is 82.2 cm³/mol. The van der Waals surface area contributed by atoms with Crippen LogP contribution in [0, 0.1) is 5.92 Å². The van der Waals surface area contributed by atoms with E-state index in [1.54, 1.807) is 25.4 Å². The molecular formula is C14H18BrN3O4. The van der Waals surface area contributed by atoms with Crippen LogP contribution in [0.1, 0.15) is 6.42 Å². The number of aliphatic hydroxyl groups excluding tert-OH is 1. The highest BCUT2D eigenvalue weighted by atomic mass is 79.9. The molecule has 0 saturated carbocycles. The molecule has 1 fully saturated rings. The molecule has 0 aliphatic carbocycles. The first kappa shape index (κ1) is 16.7. The van der Waals surface area contributed by atoms with Crippen LogP contribution in [-0.4, -0.2) is 59.7 Å². The normalized spacial score (nSPS) is 20.8. The van der Waals surface area contributed by atoms with Gasteiger partial charge in [-0.1, -0.05) is 0 Å². The highest BCUT2D eigenvalue weighted by Crippen LogP contribution is 2.20. The van der Waals surface area contributed by atoms with Crippen LogP contribution in [0.5, 0.6) is 5.88 Å². The average molecular weight is 372 g/mol. The standard InChI is InChI=1S/C14H18BrN3O4/c1-16-12(20)4-9-6-18(7-11(9)19)14(21)8-22-13-3-2-10(15)5-17-13/h2-3,5,9,11,19H,4,6-8H2,1H3,(H,16,20)/t9-,11-/m1/s1. The van der Waals surface area contributed by atoms with Crippen LogP contribution >= 0.6 is 15.9 Å². The van der Waals surface area contributed by atoms with Crippen molar-refractivity contribution >= 4 is 27.7 Å².